The number of hydrogen-bond donors (Lipinski definition) is 1. The second-order valence-electron chi connectivity index (χ2n) is 8.52. The van der Waals surface area contributed by atoms with E-state index >= 15 is 0 Å². The van der Waals surface area contributed by atoms with E-state index < -0.39 is 0 Å². The van der Waals surface area contributed by atoms with Crippen molar-refractivity contribution in [2.45, 2.75) is 26.3 Å². The highest BCUT2D eigenvalue weighted by Crippen LogP contribution is 2.38. The highest BCUT2D eigenvalue weighted by Gasteiger charge is 2.39. The molecule has 10 nitrogen and oxygen atoms in total. The van der Waals surface area contributed by atoms with E-state index in [-0.39, 0.29) is 17.9 Å². The molecule has 0 aliphatic carbocycles. The number of ether oxygens (including phenoxy) is 1. The van der Waals surface area contributed by atoms with Gasteiger partial charge >= 0.3 is 0 Å². The predicted octanol–water partition coefficient (Wildman–Crippen LogP) is 0.582. The number of nitrogen functional groups attached to an aromatic ring is 1. The van der Waals surface area contributed by atoms with Crippen LogP contribution in [0.4, 0.5) is 17.7 Å². The first-order valence-corrected chi connectivity index (χ1v) is 10.8. The molecule has 2 unspecified atom stereocenters. The Kier molecular flexibility index (Phi) is 5.09. The van der Waals surface area contributed by atoms with Crippen LogP contribution in [-0.4, -0.2) is 82.7 Å². The summed E-state index contributed by atoms with van der Waals surface area (Å²) >= 11 is 0. The lowest BCUT2D eigenvalue weighted by atomic mass is 10.1. The van der Waals surface area contributed by atoms with Gasteiger partial charge < -0.3 is 25.2 Å². The van der Waals surface area contributed by atoms with Crippen LogP contribution in [0.25, 0.3) is 11.3 Å². The molecule has 0 aromatic carbocycles. The summed E-state index contributed by atoms with van der Waals surface area (Å²) in [6, 6.07) is 0.244. The first-order valence-electron chi connectivity index (χ1n) is 10.8. The van der Waals surface area contributed by atoms with Gasteiger partial charge in [-0.1, -0.05) is 6.92 Å². The summed E-state index contributed by atoms with van der Waals surface area (Å²) in [4.78, 5) is 36.8. The fourth-order valence-corrected chi connectivity index (χ4v) is 4.81. The number of amides is 1. The Balaban J connectivity index is 1.56. The van der Waals surface area contributed by atoms with Crippen LogP contribution in [0.15, 0.2) is 12.4 Å². The molecule has 164 valence electrons. The first-order chi connectivity index (χ1) is 15.0. The van der Waals surface area contributed by atoms with E-state index in [2.05, 4.69) is 26.7 Å². The number of fused-ring (bicyclic) bond motifs is 1. The number of hydrogen-bond acceptors (Lipinski definition) is 9. The van der Waals surface area contributed by atoms with E-state index in [1.54, 1.807) is 19.3 Å². The van der Waals surface area contributed by atoms with Crippen LogP contribution in [0.2, 0.25) is 0 Å². The fraction of sp³-hybridized carbons (Fsp3) is 0.571. The summed E-state index contributed by atoms with van der Waals surface area (Å²) in [6.07, 6.45) is 4.31. The molecule has 0 bridgehead atoms. The van der Waals surface area contributed by atoms with Crippen LogP contribution in [-0.2, 0) is 16.0 Å². The van der Waals surface area contributed by atoms with Crippen molar-refractivity contribution in [3.8, 4) is 11.3 Å². The Bertz CT molecular complexity index is 976. The maximum Gasteiger partial charge on any atom is 0.228 e. The van der Waals surface area contributed by atoms with Crippen molar-refractivity contribution in [2.24, 2.45) is 5.92 Å². The molecule has 0 spiro atoms. The third kappa shape index (κ3) is 3.65. The van der Waals surface area contributed by atoms with Crippen molar-refractivity contribution in [1.82, 2.24) is 24.8 Å². The number of nitrogens with two attached hydrogens (primary N) is 1. The minimum Gasteiger partial charge on any atom is -0.378 e. The zero-order valence-corrected chi connectivity index (χ0v) is 18.0. The Morgan fingerprint density at radius 3 is 2.55 bits per heavy atom. The largest absolute Gasteiger partial charge is 0.378 e. The molecule has 3 aliphatic heterocycles. The maximum absolute atomic E-state index is 12.0. The third-order valence-corrected chi connectivity index (χ3v) is 6.51. The molecule has 2 atom stereocenters. The molecule has 1 amide bonds. The normalized spacial score (nSPS) is 23.4. The SMILES string of the molecule is CC(=O)N1CC(C)C(N2CCc3c(-c4cnc(N)nc4)nc(N4CCOCC4)nc32)C1. The van der Waals surface area contributed by atoms with E-state index in [1.165, 1.54) is 0 Å². The molecule has 2 fully saturated rings. The summed E-state index contributed by atoms with van der Waals surface area (Å²) in [7, 11) is 0. The molecule has 5 rings (SSSR count). The summed E-state index contributed by atoms with van der Waals surface area (Å²) < 4.78 is 5.51. The zero-order valence-electron chi connectivity index (χ0n) is 18.0. The van der Waals surface area contributed by atoms with Gasteiger partial charge in [0.25, 0.3) is 0 Å². The van der Waals surface area contributed by atoms with Gasteiger partial charge in [0.15, 0.2) is 0 Å². The minimum absolute atomic E-state index is 0.130. The number of rotatable bonds is 3. The molecule has 2 aromatic heterocycles. The van der Waals surface area contributed by atoms with Crippen molar-refractivity contribution < 1.29 is 9.53 Å². The van der Waals surface area contributed by atoms with E-state index in [4.69, 9.17) is 20.4 Å². The van der Waals surface area contributed by atoms with Crippen molar-refractivity contribution >= 4 is 23.6 Å². The molecule has 10 heteroatoms. The van der Waals surface area contributed by atoms with Crippen LogP contribution in [0.1, 0.15) is 19.4 Å². The highest BCUT2D eigenvalue weighted by atomic mass is 16.5. The van der Waals surface area contributed by atoms with Crippen molar-refractivity contribution in [2.75, 3.05) is 61.5 Å². The second kappa shape index (κ2) is 7.92. The first kappa shape index (κ1) is 19.9. The Labute approximate surface area is 181 Å². The minimum atomic E-state index is 0.130. The fourth-order valence-electron chi connectivity index (χ4n) is 4.81. The molecular weight excluding hydrogens is 396 g/mol. The molecule has 31 heavy (non-hydrogen) atoms. The Morgan fingerprint density at radius 2 is 1.87 bits per heavy atom. The number of nitrogens with zero attached hydrogens (tertiary/aromatic N) is 7. The van der Waals surface area contributed by atoms with Gasteiger partial charge in [0.05, 0.1) is 24.9 Å². The monoisotopic (exact) mass is 424 g/mol. The molecule has 2 aromatic rings. The van der Waals surface area contributed by atoms with Crippen molar-refractivity contribution in [3.63, 3.8) is 0 Å². The van der Waals surface area contributed by atoms with Gasteiger partial charge in [-0.3, -0.25) is 4.79 Å². The molecule has 2 N–H and O–H groups in total. The van der Waals surface area contributed by atoms with Crippen molar-refractivity contribution in [3.05, 3.63) is 18.0 Å². The second-order valence-corrected chi connectivity index (χ2v) is 8.52. The van der Waals surface area contributed by atoms with Crippen LogP contribution in [0, 0.1) is 5.92 Å². The van der Waals surface area contributed by atoms with E-state index in [9.17, 15) is 4.79 Å². The lowest BCUT2D eigenvalue weighted by molar-refractivity contribution is -0.127. The Morgan fingerprint density at radius 1 is 1.13 bits per heavy atom. The molecule has 5 heterocycles. The van der Waals surface area contributed by atoms with Gasteiger partial charge in [-0.15, -0.1) is 0 Å². The zero-order chi connectivity index (χ0) is 21.5. The topological polar surface area (TPSA) is 114 Å². The maximum atomic E-state index is 12.0. The van der Waals surface area contributed by atoms with Gasteiger partial charge in [0.1, 0.15) is 5.82 Å². The van der Waals surface area contributed by atoms with E-state index in [0.717, 1.165) is 61.8 Å². The summed E-state index contributed by atoms with van der Waals surface area (Å²) in [6.45, 7) is 9.08. The number of anilines is 3. The average Bonchev–Trinajstić information content (AvgIpc) is 3.37. The summed E-state index contributed by atoms with van der Waals surface area (Å²) in [5.41, 5.74) is 8.52. The molecule has 0 radical (unpaired) electrons. The number of aromatic nitrogens is 4. The number of carbonyl (C=O) groups is 1. The summed E-state index contributed by atoms with van der Waals surface area (Å²) in [5, 5.41) is 0. The lowest BCUT2D eigenvalue weighted by Gasteiger charge is -2.31. The Hall–Kier alpha value is -3.01. The summed E-state index contributed by atoms with van der Waals surface area (Å²) in [5.74, 6) is 2.42. The quantitative estimate of drug-likeness (QED) is 0.756. The van der Waals surface area contributed by atoms with Gasteiger partial charge in [-0.25, -0.2) is 15.0 Å². The lowest BCUT2D eigenvalue weighted by Crippen LogP contribution is -2.41. The van der Waals surface area contributed by atoms with Crippen LogP contribution in [0.5, 0.6) is 0 Å². The molecule has 0 saturated carbocycles. The average molecular weight is 425 g/mol. The van der Waals surface area contributed by atoms with Crippen molar-refractivity contribution in [1.29, 1.82) is 0 Å². The van der Waals surface area contributed by atoms with E-state index in [1.807, 2.05) is 4.90 Å². The van der Waals surface area contributed by atoms with E-state index in [0.29, 0.717) is 25.1 Å². The van der Waals surface area contributed by atoms with Gasteiger partial charge in [0.2, 0.25) is 17.8 Å². The smallest absolute Gasteiger partial charge is 0.228 e. The number of morpholine rings is 1. The molecule has 2 saturated heterocycles. The molecule has 3 aliphatic rings. The van der Waals surface area contributed by atoms with Crippen LogP contribution in [0.3, 0.4) is 0 Å². The number of carbonyl (C=O) groups excluding carboxylic acids is 1. The predicted molar refractivity (Wildman–Crippen MR) is 117 cm³/mol. The van der Waals surface area contributed by atoms with Gasteiger partial charge in [-0.2, -0.15) is 4.98 Å². The van der Waals surface area contributed by atoms with Crippen LogP contribution < -0.4 is 15.5 Å². The molecular formula is C21H28N8O2. The van der Waals surface area contributed by atoms with Gasteiger partial charge in [-0.05, 0) is 12.3 Å². The highest BCUT2D eigenvalue weighted by molar-refractivity contribution is 5.75. The third-order valence-electron chi connectivity index (χ3n) is 6.51. The standard InChI is InChI=1S/C21H28N8O2/c1-13-11-28(14(2)30)12-17(13)29-4-3-16-18(15-9-23-20(22)24-10-15)25-21(26-19(16)29)27-5-7-31-8-6-27/h9-10,13,17H,3-8,11-12H2,1-2H3,(H2,22,23,24). The van der Waals surface area contributed by atoms with Gasteiger partial charge in [0, 0.05) is 63.2 Å². The number of likely N-dealkylation sites (tertiary alicyclic amines) is 1. The van der Waals surface area contributed by atoms with Crippen LogP contribution >= 0.6 is 0 Å².